The number of nitrogens with one attached hydrogen (secondary N) is 3. The predicted molar refractivity (Wildman–Crippen MR) is 96.4 cm³/mol. The molecule has 2 aliphatic heterocycles. The van der Waals surface area contributed by atoms with Crippen LogP contribution in [-0.2, 0) is 9.53 Å². The van der Waals surface area contributed by atoms with E-state index in [9.17, 15) is 9.59 Å². The average Bonchev–Trinajstić information content (AvgIpc) is 2.85. The molecule has 0 aromatic heterocycles. The molecule has 0 aliphatic carbocycles. The number of hydrogen-bond acceptors (Lipinski definition) is 4. The molecule has 2 saturated heterocycles. The lowest BCUT2D eigenvalue weighted by molar-refractivity contribution is -0.125. The lowest BCUT2D eigenvalue weighted by Gasteiger charge is -2.40. The molecule has 2 rings (SSSR count). The minimum atomic E-state index is -0.809. The van der Waals surface area contributed by atoms with Crippen LogP contribution in [0.4, 0.5) is 4.79 Å². The highest BCUT2D eigenvalue weighted by Gasteiger charge is 2.48. The molecule has 3 amide bonds. The van der Waals surface area contributed by atoms with E-state index in [4.69, 9.17) is 9.73 Å². The molecule has 2 fully saturated rings. The Hall–Kier alpha value is -1.83. The van der Waals surface area contributed by atoms with E-state index in [1.54, 1.807) is 7.11 Å². The van der Waals surface area contributed by atoms with Crippen LogP contribution in [-0.4, -0.2) is 67.2 Å². The first-order valence-electron chi connectivity index (χ1n) is 8.94. The van der Waals surface area contributed by atoms with Gasteiger partial charge < -0.3 is 20.3 Å². The Kier molecular flexibility index (Phi) is 5.92. The maximum absolute atomic E-state index is 12.1. The van der Waals surface area contributed by atoms with Gasteiger partial charge in [0.05, 0.1) is 12.1 Å². The second-order valence-corrected chi connectivity index (χ2v) is 7.51. The smallest absolute Gasteiger partial charge is 0.322 e. The second-order valence-electron chi connectivity index (χ2n) is 7.51. The third kappa shape index (κ3) is 4.42. The van der Waals surface area contributed by atoms with Crippen molar-refractivity contribution in [1.29, 1.82) is 0 Å². The van der Waals surface area contributed by atoms with Crippen molar-refractivity contribution in [3.05, 3.63) is 0 Å². The van der Waals surface area contributed by atoms with Crippen molar-refractivity contribution in [2.75, 3.05) is 33.3 Å². The van der Waals surface area contributed by atoms with Gasteiger partial charge >= 0.3 is 6.03 Å². The summed E-state index contributed by atoms with van der Waals surface area (Å²) in [6.07, 6.45) is 1.64. The molecule has 142 valence electrons. The van der Waals surface area contributed by atoms with Crippen molar-refractivity contribution in [1.82, 2.24) is 20.9 Å². The van der Waals surface area contributed by atoms with E-state index in [0.29, 0.717) is 6.54 Å². The summed E-state index contributed by atoms with van der Waals surface area (Å²) in [4.78, 5) is 30.5. The van der Waals surface area contributed by atoms with Crippen LogP contribution in [0, 0.1) is 5.92 Å². The Morgan fingerprint density at radius 3 is 2.52 bits per heavy atom. The number of carbonyl (C=O) groups excluding carboxylic acids is 2. The number of likely N-dealkylation sites (tertiary alicyclic amines) is 1. The van der Waals surface area contributed by atoms with E-state index in [0.717, 1.165) is 38.4 Å². The highest BCUT2D eigenvalue weighted by molar-refractivity contribution is 6.07. The molecule has 1 unspecified atom stereocenters. The molecule has 8 heteroatoms. The summed E-state index contributed by atoms with van der Waals surface area (Å²) in [7, 11) is 1.69. The minimum Gasteiger partial charge on any atom is -0.377 e. The molecule has 8 nitrogen and oxygen atoms in total. The fourth-order valence-corrected chi connectivity index (χ4v) is 3.27. The lowest BCUT2D eigenvalue weighted by Crippen LogP contribution is -2.55. The molecule has 0 aromatic rings. The molecule has 0 bridgehead atoms. The SMILES string of the molecule is CCNC(=NCC(C)(C)OC)N1CCC(C2(C)NC(=O)NC2=O)CC1. The number of amides is 3. The highest BCUT2D eigenvalue weighted by atomic mass is 16.5. The standard InChI is InChI=1S/C17H31N5O3/c1-6-18-14(19-11-16(2,3)25-5)22-9-7-12(8-10-22)17(4)13(23)20-15(24)21-17/h12H,6-11H2,1-5H3,(H,18,19)(H2,20,21,23,24). The van der Waals surface area contributed by atoms with E-state index in [1.807, 2.05) is 27.7 Å². The Balaban J connectivity index is 2.00. The molecule has 0 saturated carbocycles. The van der Waals surface area contributed by atoms with Gasteiger partial charge in [0.1, 0.15) is 5.54 Å². The first-order valence-corrected chi connectivity index (χ1v) is 8.94. The Morgan fingerprint density at radius 2 is 2.04 bits per heavy atom. The number of nitrogens with zero attached hydrogens (tertiary/aromatic N) is 2. The van der Waals surface area contributed by atoms with E-state index >= 15 is 0 Å². The fraction of sp³-hybridized carbons (Fsp3) is 0.824. The molecular weight excluding hydrogens is 322 g/mol. The van der Waals surface area contributed by atoms with Gasteiger partial charge in [-0.15, -0.1) is 0 Å². The maximum atomic E-state index is 12.1. The van der Waals surface area contributed by atoms with Crippen LogP contribution in [0.1, 0.15) is 40.5 Å². The van der Waals surface area contributed by atoms with E-state index in [-0.39, 0.29) is 17.4 Å². The predicted octanol–water partition coefficient (Wildman–Crippen LogP) is 0.687. The summed E-state index contributed by atoms with van der Waals surface area (Å²) in [5.41, 5.74) is -1.12. The molecule has 0 radical (unpaired) electrons. The number of hydrogen-bond donors (Lipinski definition) is 3. The third-order valence-electron chi connectivity index (χ3n) is 5.18. The zero-order valence-corrected chi connectivity index (χ0v) is 15.9. The quantitative estimate of drug-likeness (QED) is 0.384. The number of guanidine groups is 1. The van der Waals surface area contributed by atoms with Crippen molar-refractivity contribution in [2.24, 2.45) is 10.9 Å². The van der Waals surface area contributed by atoms with Crippen molar-refractivity contribution < 1.29 is 14.3 Å². The molecule has 0 spiro atoms. The van der Waals surface area contributed by atoms with E-state index in [2.05, 4.69) is 20.9 Å². The lowest BCUT2D eigenvalue weighted by atomic mass is 9.79. The number of aliphatic imine (C=N–C) groups is 1. The molecule has 0 aromatic carbocycles. The van der Waals surface area contributed by atoms with Gasteiger partial charge in [0, 0.05) is 26.7 Å². The Bertz CT molecular complexity index is 540. The van der Waals surface area contributed by atoms with Crippen molar-refractivity contribution in [3.8, 4) is 0 Å². The van der Waals surface area contributed by atoms with E-state index < -0.39 is 11.6 Å². The Morgan fingerprint density at radius 1 is 1.40 bits per heavy atom. The zero-order chi connectivity index (χ0) is 18.7. The van der Waals surface area contributed by atoms with Gasteiger partial charge in [0.2, 0.25) is 0 Å². The summed E-state index contributed by atoms with van der Waals surface area (Å²) < 4.78 is 5.44. The molecule has 2 aliphatic rings. The van der Waals surface area contributed by atoms with Gasteiger partial charge in [0.15, 0.2) is 5.96 Å². The van der Waals surface area contributed by atoms with Crippen molar-refractivity contribution in [2.45, 2.75) is 51.7 Å². The molecular formula is C17H31N5O3. The number of urea groups is 1. The molecule has 2 heterocycles. The van der Waals surface area contributed by atoms with Gasteiger partial charge in [-0.3, -0.25) is 15.1 Å². The topological polar surface area (TPSA) is 95.1 Å². The summed E-state index contributed by atoms with van der Waals surface area (Å²) in [5, 5.41) is 8.47. The van der Waals surface area contributed by atoms with Crippen molar-refractivity contribution >= 4 is 17.9 Å². The number of methoxy groups -OCH3 is 1. The first-order chi connectivity index (χ1) is 11.7. The van der Waals surface area contributed by atoms with Gasteiger partial charge in [-0.25, -0.2) is 4.79 Å². The summed E-state index contributed by atoms with van der Waals surface area (Å²) >= 11 is 0. The van der Waals surface area contributed by atoms with Crippen LogP contribution >= 0.6 is 0 Å². The van der Waals surface area contributed by atoms with Gasteiger partial charge in [0.25, 0.3) is 5.91 Å². The van der Waals surface area contributed by atoms with Crippen LogP contribution in [0.2, 0.25) is 0 Å². The number of rotatable bonds is 5. The maximum Gasteiger partial charge on any atom is 0.322 e. The first kappa shape index (κ1) is 19.5. The number of piperidine rings is 1. The van der Waals surface area contributed by atoms with Crippen molar-refractivity contribution in [3.63, 3.8) is 0 Å². The molecule has 3 N–H and O–H groups in total. The number of ether oxygens (including phenoxy) is 1. The summed E-state index contributed by atoms with van der Waals surface area (Å²) in [6, 6.07) is -0.397. The molecule has 25 heavy (non-hydrogen) atoms. The number of carbonyl (C=O) groups is 2. The summed E-state index contributed by atoms with van der Waals surface area (Å²) in [6.45, 7) is 10.8. The third-order valence-corrected chi connectivity index (χ3v) is 5.18. The average molecular weight is 353 g/mol. The highest BCUT2D eigenvalue weighted by Crippen LogP contribution is 2.30. The van der Waals surface area contributed by atoms with Gasteiger partial charge in [-0.2, -0.15) is 0 Å². The zero-order valence-electron chi connectivity index (χ0n) is 15.9. The van der Waals surface area contributed by atoms with Crippen LogP contribution in [0.3, 0.4) is 0 Å². The van der Waals surface area contributed by atoms with Crippen LogP contribution < -0.4 is 16.0 Å². The minimum absolute atomic E-state index is 0.119. The van der Waals surface area contributed by atoms with Gasteiger partial charge in [-0.1, -0.05) is 0 Å². The molecule has 1 atom stereocenters. The van der Waals surface area contributed by atoms with Gasteiger partial charge in [-0.05, 0) is 46.5 Å². The largest absolute Gasteiger partial charge is 0.377 e. The normalized spacial score (nSPS) is 25.8. The van der Waals surface area contributed by atoms with Crippen LogP contribution in [0.25, 0.3) is 0 Å². The monoisotopic (exact) mass is 353 g/mol. The number of imide groups is 1. The van der Waals surface area contributed by atoms with E-state index in [1.165, 1.54) is 0 Å². The Labute approximate surface area is 149 Å². The van der Waals surface area contributed by atoms with Crippen LogP contribution in [0.5, 0.6) is 0 Å². The second kappa shape index (κ2) is 7.59. The summed E-state index contributed by atoms with van der Waals surface area (Å²) in [5.74, 6) is 0.767. The van der Waals surface area contributed by atoms with Crippen LogP contribution in [0.15, 0.2) is 4.99 Å². The fourth-order valence-electron chi connectivity index (χ4n) is 3.27.